The summed E-state index contributed by atoms with van der Waals surface area (Å²) in [5.74, 6) is 1.38. The summed E-state index contributed by atoms with van der Waals surface area (Å²) in [4.78, 5) is 12.4. The van der Waals surface area contributed by atoms with Crippen molar-refractivity contribution in [2.24, 2.45) is 0 Å². The molecule has 0 bridgehead atoms. The molecule has 0 aliphatic rings. The molecule has 27 heavy (non-hydrogen) atoms. The Morgan fingerprint density at radius 1 is 0.815 bits per heavy atom. The molecule has 0 saturated heterocycles. The van der Waals surface area contributed by atoms with E-state index in [2.05, 4.69) is 12.2 Å². The standard InChI is InChI=1S/C22H29NO4/c1-3-4-5-6-15-26-20-11-7-18(8-12-20)22(24)23-19-9-13-21(14-10-19)27-17-16-25-2/h7-14H,3-6,15-17H2,1-2H3,(H,23,24). The number of carbonyl (C=O) groups excluding carboxylic acids is 1. The second kappa shape index (κ2) is 12.0. The Hall–Kier alpha value is -2.53. The van der Waals surface area contributed by atoms with Gasteiger partial charge in [0, 0.05) is 18.4 Å². The average Bonchev–Trinajstić information content (AvgIpc) is 2.70. The number of hydrogen-bond donors (Lipinski definition) is 1. The molecule has 5 nitrogen and oxygen atoms in total. The highest BCUT2D eigenvalue weighted by atomic mass is 16.5. The molecule has 2 aromatic rings. The smallest absolute Gasteiger partial charge is 0.255 e. The van der Waals surface area contributed by atoms with Crippen molar-refractivity contribution in [1.29, 1.82) is 0 Å². The predicted molar refractivity (Wildman–Crippen MR) is 108 cm³/mol. The van der Waals surface area contributed by atoms with Crippen LogP contribution < -0.4 is 14.8 Å². The van der Waals surface area contributed by atoms with E-state index in [0.717, 1.165) is 23.6 Å². The molecule has 2 rings (SSSR count). The molecule has 1 N–H and O–H groups in total. The van der Waals surface area contributed by atoms with Crippen molar-refractivity contribution in [3.8, 4) is 11.5 Å². The second-order valence-electron chi connectivity index (χ2n) is 6.25. The van der Waals surface area contributed by atoms with E-state index in [1.165, 1.54) is 19.3 Å². The van der Waals surface area contributed by atoms with Crippen LogP contribution in [0.1, 0.15) is 43.0 Å². The largest absolute Gasteiger partial charge is 0.494 e. The molecule has 0 aliphatic heterocycles. The van der Waals surface area contributed by atoms with Gasteiger partial charge in [0.05, 0.1) is 13.2 Å². The third kappa shape index (κ3) is 7.71. The van der Waals surface area contributed by atoms with Crippen LogP contribution in [0.15, 0.2) is 48.5 Å². The zero-order chi connectivity index (χ0) is 19.3. The van der Waals surface area contributed by atoms with Crippen molar-refractivity contribution in [2.75, 3.05) is 32.2 Å². The number of methoxy groups -OCH3 is 1. The molecule has 0 fully saturated rings. The number of nitrogens with one attached hydrogen (secondary N) is 1. The molecule has 0 atom stereocenters. The van der Waals surface area contributed by atoms with Crippen LogP contribution in [0, 0.1) is 0 Å². The monoisotopic (exact) mass is 371 g/mol. The lowest BCUT2D eigenvalue weighted by Crippen LogP contribution is -2.11. The summed E-state index contributed by atoms with van der Waals surface area (Å²) >= 11 is 0. The Kier molecular flexibility index (Phi) is 9.21. The molecule has 0 unspecified atom stereocenters. The number of ether oxygens (including phenoxy) is 3. The van der Waals surface area contributed by atoms with Gasteiger partial charge in [-0.2, -0.15) is 0 Å². The zero-order valence-electron chi connectivity index (χ0n) is 16.2. The Balaban J connectivity index is 1.79. The number of benzene rings is 2. The highest BCUT2D eigenvalue weighted by Crippen LogP contribution is 2.18. The number of rotatable bonds is 12. The van der Waals surface area contributed by atoms with Crippen molar-refractivity contribution in [3.05, 3.63) is 54.1 Å². The van der Waals surface area contributed by atoms with Gasteiger partial charge in [0.25, 0.3) is 5.91 Å². The van der Waals surface area contributed by atoms with Gasteiger partial charge in [-0.05, 0) is 55.0 Å². The molecule has 146 valence electrons. The van der Waals surface area contributed by atoms with E-state index in [0.29, 0.717) is 25.4 Å². The lowest BCUT2D eigenvalue weighted by molar-refractivity contribution is 0.102. The van der Waals surface area contributed by atoms with Gasteiger partial charge in [0.2, 0.25) is 0 Å². The fourth-order valence-corrected chi connectivity index (χ4v) is 2.50. The Bertz CT molecular complexity index is 668. The molecular formula is C22H29NO4. The number of anilines is 1. The van der Waals surface area contributed by atoms with Crippen molar-refractivity contribution in [2.45, 2.75) is 32.6 Å². The molecule has 0 saturated carbocycles. The first-order chi connectivity index (χ1) is 13.2. The molecule has 0 heterocycles. The van der Waals surface area contributed by atoms with Crippen LogP contribution in [-0.2, 0) is 4.74 Å². The van der Waals surface area contributed by atoms with E-state index in [-0.39, 0.29) is 5.91 Å². The van der Waals surface area contributed by atoms with Gasteiger partial charge < -0.3 is 19.5 Å². The van der Waals surface area contributed by atoms with Gasteiger partial charge in [-0.15, -0.1) is 0 Å². The minimum absolute atomic E-state index is 0.155. The fourth-order valence-electron chi connectivity index (χ4n) is 2.50. The summed E-state index contributed by atoms with van der Waals surface area (Å²) in [7, 11) is 1.63. The second-order valence-corrected chi connectivity index (χ2v) is 6.25. The van der Waals surface area contributed by atoms with Gasteiger partial charge in [-0.25, -0.2) is 0 Å². The molecule has 0 aromatic heterocycles. The van der Waals surface area contributed by atoms with Gasteiger partial charge in [-0.1, -0.05) is 26.2 Å². The molecular weight excluding hydrogens is 342 g/mol. The van der Waals surface area contributed by atoms with E-state index in [9.17, 15) is 4.79 Å². The minimum Gasteiger partial charge on any atom is -0.494 e. The first-order valence-corrected chi connectivity index (χ1v) is 9.49. The fraction of sp³-hybridized carbons (Fsp3) is 0.409. The molecule has 0 aliphatic carbocycles. The maximum Gasteiger partial charge on any atom is 0.255 e. The Labute approximate surface area is 161 Å². The third-order valence-corrected chi connectivity index (χ3v) is 4.05. The van der Waals surface area contributed by atoms with E-state index in [1.807, 2.05) is 36.4 Å². The highest BCUT2D eigenvalue weighted by molar-refractivity contribution is 6.04. The molecule has 1 amide bonds. The first kappa shape index (κ1) is 20.8. The highest BCUT2D eigenvalue weighted by Gasteiger charge is 2.07. The third-order valence-electron chi connectivity index (χ3n) is 4.05. The average molecular weight is 371 g/mol. The predicted octanol–water partition coefficient (Wildman–Crippen LogP) is 4.92. The van der Waals surface area contributed by atoms with E-state index < -0.39 is 0 Å². The SMILES string of the molecule is CCCCCCOc1ccc(C(=O)Nc2ccc(OCCOC)cc2)cc1. The first-order valence-electron chi connectivity index (χ1n) is 9.49. The van der Waals surface area contributed by atoms with E-state index >= 15 is 0 Å². The quantitative estimate of drug-likeness (QED) is 0.538. The van der Waals surface area contributed by atoms with Gasteiger partial charge in [-0.3, -0.25) is 4.79 Å². The van der Waals surface area contributed by atoms with Gasteiger partial charge >= 0.3 is 0 Å². The van der Waals surface area contributed by atoms with Gasteiger partial charge in [0.15, 0.2) is 0 Å². The minimum atomic E-state index is -0.155. The van der Waals surface area contributed by atoms with E-state index in [1.54, 1.807) is 19.2 Å². The van der Waals surface area contributed by atoms with Crippen LogP contribution >= 0.6 is 0 Å². The van der Waals surface area contributed by atoms with Crippen molar-refractivity contribution in [3.63, 3.8) is 0 Å². The van der Waals surface area contributed by atoms with Crippen LogP contribution in [0.25, 0.3) is 0 Å². The molecule has 0 spiro atoms. The van der Waals surface area contributed by atoms with Crippen LogP contribution in [-0.4, -0.2) is 32.8 Å². The maximum atomic E-state index is 12.4. The van der Waals surface area contributed by atoms with E-state index in [4.69, 9.17) is 14.2 Å². The van der Waals surface area contributed by atoms with Crippen molar-refractivity contribution < 1.29 is 19.0 Å². The van der Waals surface area contributed by atoms with Crippen LogP contribution in [0.2, 0.25) is 0 Å². The summed E-state index contributed by atoms with van der Waals surface area (Å²) in [6.45, 7) is 3.94. The van der Waals surface area contributed by atoms with Crippen molar-refractivity contribution >= 4 is 11.6 Å². The zero-order valence-corrected chi connectivity index (χ0v) is 16.2. The normalized spacial score (nSPS) is 10.4. The summed E-state index contributed by atoms with van der Waals surface area (Å²) in [5.41, 5.74) is 1.31. The van der Waals surface area contributed by atoms with Crippen LogP contribution in [0.4, 0.5) is 5.69 Å². The number of carbonyl (C=O) groups is 1. The number of unbranched alkanes of at least 4 members (excludes halogenated alkanes) is 3. The Morgan fingerprint density at radius 3 is 2.07 bits per heavy atom. The number of hydrogen-bond acceptors (Lipinski definition) is 4. The molecule has 0 radical (unpaired) electrons. The van der Waals surface area contributed by atoms with Crippen molar-refractivity contribution in [1.82, 2.24) is 0 Å². The summed E-state index contributed by atoms with van der Waals surface area (Å²) < 4.78 is 16.2. The maximum absolute atomic E-state index is 12.4. The topological polar surface area (TPSA) is 56.8 Å². The van der Waals surface area contributed by atoms with Crippen LogP contribution in [0.5, 0.6) is 11.5 Å². The van der Waals surface area contributed by atoms with Crippen LogP contribution in [0.3, 0.4) is 0 Å². The molecule has 2 aromatic carbocycles. The lowest BCUT2D eigenvalue weighted by atomic mass is 10.2. The lowest BCUT2D eigenvalue weighted by Gasteiger charge is -2.09. The number of amides is 1. The summed E-state index contributed by atoms with van der Waals surface area (Å²) in [6, 6.07) is 14.5. The summed E-state index contributed by atoms with van der Waals surface area (Å²) in [6.07, 6.45) is 4.70. The molecule has 5 heteroatoms. The van der Waals surface area contributed by atoms with Gasteiger partial charge in [0.1, 0.15) is 18.1 Å². The Morgan fingerprint density at radius 2 is 1.44 bits per heavy atom. The summed E-state index contributed by atoms with van der Waals surface area (Å²) in [5, 5.41) is 2.88.